The van der Waals surface area contributed by atoms with Crippen molar-refractivity contribution in [2.45, 2.75) is 51.9 Å². The zero-order valence-corrected chi connectivity index (χ0v) is 19.2. The van der Waals surface area contributed by atoms with Crippen LogP contribution in [-0.4, -0.2) is 52.9 Å². The molecule has 0 saturated heterocycles. The Balaban J connectivity index is 1.80. The van der Waals surface area contributed by atoms with E-state index in [2.05, 4.69) is 34.5 Å². The van der Waals surface area contributed by atoms with Crippen molar-refractivity contribution in [2.75, 3.05) is 31.5 Å². The molecule has 2 heterocycles. The Hall–Kier alpha value is -2.26. The Labute approximate surface area is 191 Å². The molecule has 3 rings (SSSR count). The van der Waals surface area contributed by atoms with Crippen molar-refractivity contribution in [3.8, 4) is 0 Å². The quantitative estimate of drug-likeness (QED) is 0.534. The van der Waals surface area contributed by atoms with Crippen LogP contribution in [0.2, 0.25) is 5.02 Å². The number of aryl methyl sites for hydroxylation is 1. The number of aromatic nitrogens is 2. The molecule has 0 spiro atoms. The number of amides is 1. The summed E-state index contributed by atoms with van der Waals surface area (Å²) in [6.45, 7) is 9.06. The Bertz CT molecular complexity index is 925. The molecule has 6 nitrogen and oxygen atoms in total. The van der Waals surface area contributed by atoms with E-state index in [1.54, 1.807) is 12.1 Å². The van der Waals surface area contributed by atoms with Crippen molar-refractivity contribution in [2.24, 2.45) is 0 Å². The van der Waals surface area contributed by atoms with E-state index in [1.807, 2.05) is 19.1 Å². The number of carbonyl (C=O) groups excluding carboxylic acids is 1. The van der Waals surface area contributed by atoms with Gasteiger partial charge in [-0.2, -0.15) is 18.3 Å². The Morgan fingerprint density at radius 1 is 1.28 bits per heavy atom. The molecule has 10 heteroatoms. The number of anilines is 1. The highest BCUT2D eigenvalue weighted by molar-refractivity contribution is 6.36. The van der Waals surface area contributed by atoms with Crippen LogP contribution >= 0.6 is 11.6 Å². The van der Waals surface area contributed by atoms with Gasteiger partial charge >= 0.3 is 6.18 Å². The van der Waals surface area contributed by atoms with Crippen molar-refractivity contribution >= 4 is 23.3 Å². The number of fused-ring (bicyclic) bond motifs is 1. The number of hydrogen-bond donors (Lipinski definition) is 2. The van der Waals surface area contributed by atoms with Gasteiger partial charge in [0, 0.05) is 13.0 Å². The lowest BCUT2D eigenvalue weighted by atomic mass is 9.96. The summed E-state index contributed by atoms with van der Waals surface area (Å²) >= 11 is 6.36. The lowest BCUT2D eigenvalue weighted by molar-refractivity contribution is -0.173. The van der Waals surface area contributed by atoms with Gasteiger partial charge in [0.2, 0.25) is 0 Å². The SMILES string of the molecule is CCN(CC)CCCNC(=O)c1nn2c(c1Cl)N[C@H](c1ccc(C)cc1)C[C@H]2C(F)(F)F. The average molecular weight is 472 g/mol. The van der Waals surface area contributed by atoms with E-state index in [4.69, 9.17) is 11.6 Å². The fourth-order valence-corrected chi connectivity index (χ4v) is 4.14. The van der Waals surface area contributed by atoms with E-state index in [0.717, 1.165) is 41.9 Å². The van der Waals surface area contributed by atoms with E-state index < -0.39 is 24.2 Å². The van der Waals surface area contributed by atoms with E-state index >= 15 is 0 Å². The van der Waals surface area contributed by atoms with Gasteiger partial charge in [-0.1, -0.05) is 55.3 Å². The topological polar surface area (TPSA) is 62.2 Å². The first-order valence-corrected chi connectivity index (χ1v) is 11.2. The molecule has 0 saturated carbocycles. The van der Waals surface area contributed by atoms with Gasteiger partial charge in [0.25, 0.3) is 5.91 Å². The smallest absolute Gasteiger partial charge is 0.362 e. The van der Waals surface area contributed by atoms with Crippen molar-refractivity contribution in [1.82, 2.24) is 20.0 Å². The van der Waals surface area contributed by atoms with Gasteiger partial charge in [-0.05, 0) is 38.5 Å². The molecule has 0 unspecified atom stereocenters. The van der Waals surface area contributed by atoms with Crippen LogP contribution in [0.5, 0.6) is 0 Å². The minimum absolute atomic E-state index is 0.0131. The highest BCUT2D eigenvalue weighted by atomic mass is 35.5. The first-order valence-electron chi connectivity index (χ1n) is 10.8. The summed E-state index contributed by atoms with van der Waals surface area (Å²) in [7, 11) is 0. The van der Waals surface area contributed by atoms with Gasteiger partial charge in [0.15, 0.2) is 11.7 Å². The molecule has 2 N–H and O–H groups in total. The van der Waals surface area contributed by atoms with Crippen LogP contribution in [0.15, 0.2) is 24.3 Å². The van der Waals surface area contributed by atoms with E-state index in [1.165, 1.54) is 0 Å². The van der Waals surface area contributed by atoms with Gasteiger partial charge < -0.3 is 15.5 Å². The second-order valence-electron chi connectivity index (χ2n) is 7.99. The van der Waals surface area contributed by atoms with Crippen LogP contribution in [0.25, 0.3) is 0 Å². The highest BCUT2D eigenvalue weighted by Crippen LogP contribution is 2.46. The predicted molar refractivity (Wildman–Crippen MR) is 119 cm³/mol. The van der Waals surface area contributed by atoms with Gasteiger partial charge in [-0.15, -0.1) is 0 Å². The fourth-order valence-electron chi connectivity index (χ4n) is 3.88. The Kier molecular flexibility index (Phi) is 7.71. The average Bonchev–Trinajstić information content (AvgIpc) is 3.09. The number of hydrogen-bond acceptors (Lipinski definition) is 4. The normalized spacial score (nSPS) is 18.4. The van der Waals surface area contributed by atoms with Crippen molar-refractivity contribution in [3.05, 3.63) is 46.1 Å². The van der Waals surface area contributed by atoms with E-state index in [0.29, 0.717) is 6.54 Å². The first-order chi connectivity index (χ1) is 15.2. The molecular weight excluding hydrogens is 443 g/mol. The molecule has 2 atom stereocenters. The monoisotopic (exact) mass is 471 g/mol. The molecule has 32 heavy (non-hydrogen) atoms. The number of alkyl halides is 3. The van der Waals surface area contributed by atoms with Gasteiger partial charge in [-0.3, -0.25) is 4.79 Å². The highest BCUT2D eigenvalue weighted by Gasteiger charge is 2.47. The summed E-state index contributed by atoms with van der Waals surface area (Å²) in [6.07, 6.45) is -4.06. The van der Waals surface area contributed by atoms with Crippen molar-refractivity contribution in [1.29, 1.82) is 0 Å². The molecule has 0 fully saturated rings. The molecule has 1 aromatic heterocycles. The lowest BCUT2D eigenvalue weighted by Crippen LogP contribution is -2.36. The Morgan fingerprint density at radius 2 is 1.94 bits per heavy atom. The van der Waals surface area contributed by atoms with Gasteiger partial charge in [-0.25, -0.2) is 4.68 Å². The molecule has 0 radical (unpaired) electrons. The molecular formula is C22H29ClF3N5O. The summed E-state index contributed by atoms with van der Waals surface area (Å²) in [5, 5.41) is 9.64. The standard InChI is InChI=1S/C22H29ClF3N5O/c1-4-30(5-2)12-6-11-27-21(32)19-18(23)20-28-16(15-9-7-14(3)8-10-15)13-17(22(24,25)26)31(20)29-19/h7-10,16-17,28H,4-6,11-13H2,1-3H3,(H,27,32)/t16-,17-/m0/s1. The van der Waals surface area contributed by atoms with Crippen LogP contribution < -0.4 is 10.6 Å². The molecule has 1 aliphatic heterocycles. The lowest BCUT2D eigenvalue weighted by Gasteiger charge is -2.33. The number of carbonyl (C=O) groups is 1. The zero-order valence-electron chi connectivity index (χ0n) is 18.5. The molecule has 0 aliphatic carbocycles. The maximum atomic E-state index is 13.9. The molecule has 1 aromatic carbocycles. The number of halogens is 4. The fraction of sp³-hybridized carbons (Fsp3) is 0.545. The number of nitrogens with zero attached hydrogens (tertiary/aromatic N) is 3. The first kappa shape index (κ1) is 24.4. The number of nitrogens with one attached hydrogen (secondary N) is 2. The minimum atomic E-state index is -4.54. The summed E-state index contributed by atoms with van der Waals surface area (Å²) in [5.74, 6) is -0.565. The Morgan fingerprint density at radius 3 is 2.53 bits per heavy atom. The molecule has 2 aromatic rings. The van der Waals surface area contributed by atoms with Crippen LogP contribution in [-0.2, 0) is 0 Å². The molecule has 1 aliphatic rings. The summed E-state index contributed by atoms with van der Waals surface area (Å²) in [4.78, 5) is 14.8. The molecule has 176 valence electrons. The maximum absolute atomic E-state index is 13.9. The third-order valence-electron chi connectivity index (χ3n) is 5.82. The molecule has 1 amide bonds. The molecule has 0 bridgehead atoms. The number of rotatable bonds is 8. The van der Waals surface area contributed by atoms with Crippen molar-refractivity contribution < 1.29 is 18.0 Å². The summed E-state index contributed by atoms with van der Waals surface area (Å²) in [5.41, 5.74) is 1.53. The van der Waals surface area contributed by atoms with Crippen LogP contribution in [0.4, 0.5) is 19.0 Å². The van der Waals surface area contributed by atoms with Gasteiger partial charge in [0.1, 0.15) is 10.8 Å². The largest absolute Gasteiger partial charge is 0.410 e. The second-order valence-corrected chi connectivity index (χ2v) is 8.37. The third-order valence-corrected chi connectivity index (χ3v) is 6.18. The number of benzene rings is 1. The minimum Gasteiger partial charge on any atom is -0.362 e. The third kappa shape index (κ3) is 5.38. The predicted octanol–water partition coefficient (Wildman–Crippen LogP) is 4.97. The van der Waals surface area contributed by atoms with E-state index in [-0.39, 0.29) is 23.0 Å². The second kappa shape index (κ2) is 10.1. The van der Waals surface area contributed by atoms with Crippen LogP contribution in [0.3, 0.4) is 0 Å². The van der Waals surface area contributed by atoms with Gasteiger partial charge in [0.05, 0.1) is 6.04 Å². The van der Waals surface area contributed by atoms with Crippen LogP contribution in [0, 0.1) is 6.92 Å². The summed E-state index contributed by atoms with van der Waals surface area (Å²) < 4.78 is 42.4. The maximum Gasteiger partial charge on any atom is 0.410 e. The van der Waals surface area contributed by atoms with Crippen molar-refractivity contribution in [3.63, 3.8) is 0 Å². The van der Waals surface area contributed by atoms with Crippen LogP contribution in [0.1, 0.15) is 60.4 Å². The zero-order chi connectivity index (χ0) is 23.5. The summed E-state index contributed by atoms with van der Waals surface area (Å²) in [6, 6.07) is 4.81. The van der Waals surface area contributed by atoms with E-state index in [9.17, 15) is 18.0 Å².